The molecule has 1 aliphatic heterocycles. The molecule has 1 saturated heterocycles. The highest BCUT2D eigenvalue weighted by Gasteiger charge is 2.27. The van der Waals surface area contributed by atoms with E-state index in [0.29, 0.717) is 32.3 Å². The lowest BCUT2D eigenvalue weighted by atomic mass is 10.2. The van der Waals surface area contributed by atoms with E-state index < -0.39 is 10.0 Å². The van der Waals surface area contributed by atoms with Gasteiger partial charge in [0.2, 0.25) is 10.0 Å². The molecule has 142 valence electrons. The molecule has 3 heterocycles. The van der Waals surface area contributed by atoms with Crippen LogP contribution in [0.4, 0.5) is 5.82 Å². The summed E-state index contributed by atoms with van der Waals surface area (Å²) in [7, 11) is 0.798. The molecule has 7 nitrogen and oxygen atoms in total. The third kappa shape index (κ3) is 4.41. The third-order valence-electron chi connectivity index (χ3n) is 4.47. The maximum absolute atomic E-state index is 12.6. The monoisotopic (exact) mass is 398 g/mol. The van der Waals surface area contributed by atoms with E-state index in [9.17, 15) is 8.42 Å². The summed E-state index contributed by atoms with van der Waals surface area (Å²) in [5, 5.41) is 5.46. The average Bonchev–Trinajstić information content (AvgIpc) is 3.17. The van der Waals surface area contributed by atoms with E-state index in [1.54, 1.807) is 29.7 Å². The number of anilines is 1. The van der Waals surface area contributed by atoms with Crippen LogP contribution in [0.25, 0.3) is 0 Å². The number of aromatic amines is 1. The SMILES string of the molecule is C[NH+](C)[C@H](CNc1ccc(S(=O)(=O)N2CCOCC2)c[nH+]1)c1cccs1. The van der Waals surface area contributed by atoms with Crippen molar-refractivity contribution in [2.45, 2.75) is 10.9 Å². The van der Waals surface area contributed by atoms with Crippen LogP contribution in [-0.2, 0) is 14.8 Å². The van der Waals surface area contributed by atoms with Crippen LogP contribution in [0.5, 0.6) is 0 Å². The lowest BCUT2D eigenvalue weighted by molar-refractivity contribution is -0.889. The van der Waals surface area contributed by atoms with Gasteiger partial charge in [-0.15, -0.1) is 11.3 Å². The summed E-state index contributed by atoms with van der Waals surface area (Å²) in [4.78, 5) is 6.01. The Hall–Kier alpha value is -1.52. The zero-order valence-electron chi connectivity index (χ0n) is 15.1. The van der Waals surface area contributed by atoms with Crippen LogP contribution in [0.3, 0.4) is 0 Å². The van der Waals surface area contributed by atoms with Crippen molar-refractivity contribution in [3.63, 3.8) is 0 Å². The van der Waals surface area contributed by atoms with Crippen LogP contribution in [-0.4, -0.2) is 59.7 Å². The lowest BCUT2D eigenvalue weighted by Crippen LogP contribution is -3.06. The second kappa shape index (κ2) is 8.45. The highest BCUT2D eigenvalue weighted by molar-refractivity contribution is 7.89. The molecule has 3 N–H and O–H groups in total. The number of sulfonamides is 1. The Morgan fingerprint density at radius 1 is 1.31 bits per heavy atom. The van der Waals surface area contributed by atoms with E-state index in [0.717, 1.165) is 12.4 Å². The number of likely N-dealkylation sites (N-methyl/N-ethyl adjacent to an activating group) is 1. The van der Waals surface area contributed by atoms with Gasteiger partial charge in [0.25, 0.3) is 5.82 Å². The molecule has 0 saturated carbocycles. The highest BCUT2D eigenvalue weighted by Crippen LogP contribution is 2.18. The standard InChI is InChI=1S/C17H24N4O3S2/c1-20(2)15(16-4-3-11-25-16)13-19-17-6-5-14(12-18-17)26(22,23)21-7-9-24-10-8-21/h3-6,11-12,15H,7-10,13H2,1-2H3,(H,18,19)/p+2/t15-/m1/s1. The van der Waals surface area contributed by atoms with Crippen LogP contribution in [0, 0.1) is 0 Å². The summed E-state index contributed by atoms with van der Waals surface area (Å²) in [5.41, 5.74) is 0. The van der Waals surface area contributed by atoms with Crippen molar-refractivity contribution in [1.29, 1.82) is 0 Å². The van der Waals surface area contributed by atoms with E-state index in [2.05, 4.69) is 41.9 Å². The Labute approximate surface area is 158 Å². The minimum Gasteiger partial charge on any atom is -0.379 e. The molecular weight excluding hydrogens is 372 g/mol. The van der Waals surface area contributed by atoms with E-state index in [1.807, 2.05) is 0 Å². The molecule has 0 radical (unpaired) electrons. The molecule has 2 aromatic heterocycles. The van der Waals surface area contributed by atoms with Crippen LogP contribution in [0.15, 0.2) is 40.7 Å². The van der Waals surface area contributed by atoms with Crippen molar-refractivity contribution < 1.29 is 23.0 Å². The molecule has 0 unspecified atom stereocenters. The summed E-state index contributed by atoms with van der Waals surface area (Å²) >= 11 is 1.75. The van der Waals surface area contributed by atoms with Crippen molar-refractivity contribution in [3.8, 4) is 0 Å². The Kier molecular flexibility index (Phi) is 6.25. The zero-order chi connectivity index (χ0) is 18.6. The lowest BCUT2D eigenvalue weighted by Gasteiger charge is -2.25. The Balaban J connectivity index is 1.66. The van der Waals surface area contributed by atoms with Crippen molar-refractivity contribution in [2.24, 2.45) is 0 Å². The smallest absolute Gasteiger partial charge is 0.272 e. The predicted octanol–water partition coefficient (Wildman–Crippen LogP) is -0.119. The predicted molar refractivity (Wildman–Crippen MR) is 101 cm³/mol. The second-order valence-corrected chi connectivity index (χ2v) is 9.40. The molecule has 26 heavy (non-hydrogen) atoms. The van der Waals surface area contributed by atoms with Gasteiger partial charge >= 0.3 is 0 Å². The van der Waals surface area contributed by atoms with E-state index >= 15 is 0 Å². The van der Waals surface area contributed by atoms with Gasteiger partial charge in [-0.25, -0.2) is 13.4 Å². The third-order valence-corrected chi connectivity index (χ3v) is 7.35. The number of morpholine rings is 1. The van der Waals surface area contributed by atoms with Crippen molar-refractivity contribution in [1.82, 2.24) is 4.31 Å². The average molecular weight is 399 g/mol. The van der Waals surface area contributed by atoms with Gasteiger partial charge in [-0.2, -0.15) is 4.31 Å². The van der Waals surface area contributed by atoms with Gasteiger partial charge in [0.05, 0.1) is 32.2 Å². The van der Waals surface area contributed by atoms with Crippen LogP contribution in [0.1, 0.15) is 10.9 Å². The minimum absolute atomic E-state index is 0.276. The van der Waals surface area contributed by atoms with Crippen LogP contribution in [0.2, 0.25) is 0 Å². The number of pyridine rings is 1. The van der Waals surface area contributed by atoms with Gasteiger partial charge < -0.3 is 9.64 Å². The van der Waals surface area contributed by atoms with Gasteiger partial charge in [0, 0.05) is 19.2 Å². The Morgan fingerprint density at radius 3 is 2.65 bits per heavy atom. The molecule has 9 heteroatoms. The first kappa shape index (κ1) is 19.2. The van der Waals surface area contributed by atoms with Gasteiger partial charge in [0.1, 0.15) is 17.6 Å². The number of hydrogen-bond donors (Lipinski definition) is 2. The molecule has 0 aromatic carbocycles. The quantitative estimate of drug-likeness (QED) is 0.682. The number of quaternary nitrogens is 1. The number of nitrogens with one attached hydrogen (secondary N) is 3. The van der Waals surface area contributed by atoms with E-state index in [1.165, 1.54) is 14.1 Å². The van der Waals surface area contributed by atoms with E-state index in [-0.39, 0.29) is 4.90 Å². The van der Waals surface area contributed by atoms with Crippen molar-refractivity contribution >= 4 is 27.2 Å². The first-order chi connectivity index (χ1) is 12.5. The fourth-order valence-electron chi connectivity index (χ4n) is 2.91. The van der Waals surface area contributed by atoms with Gasteiger partial charge in [-0.3, -0.25) is 5.32 Å². The maximum atomic E-state index is 12.6. The molecule has 2 aromatic rings. The first-order valence-electron chi connectivity index (χ1n) is 8.65. The normalized spacial score (nSPS) is 17.3. The molecule has 3 rings (SSSR count). The molecular formula is C17H26N4O3S2+2. The molecule has 1 atom stereocenters. The summed E-state index contributed by atoms with van der Waals surface area (Å²) in [5.74, 6) is 0.800. The second-order valence-electron chi connectivity index (χ2n) is 6.48. The zero-order valence-corrected chi connectivity index (χ0v) is 16.7. The molecule has 0 amide bonds. The molecule has 0 bridgehead atoms. The number of nitrogens with zero attached hydrogens (tertiary/aromatic N) is 1. The molecule has 1 fully saturated rings. The number of ether oxygens (including phenoxy) is 1. The number of hydrogen-bond acceptors (Lipinski definition) is 5. The van der Waals surface area contributed by atoms with Gasteiger partial charge in [-0.1, -0.05) is 6.07 Å². The minimum atomic E-state index is -3.47. The fourth-order valence-corrected chi connectivity index (χ4v) is 5.24. The van der Waals surface area contributed by atoms with Gasteiger partial charge in [0.15, 0.2) is 6.04 Å². The largest absolute Gasteiger partial charge is 0.379 e. The summed E-state index contributed by atoms with van der Waals surface area (Å²) in [6.07, 6.45) is 1.55. The summed E-state index contributed by atoms with van der Waals surface area (Å²) in [6.45, 7) is 2.45. The molecule has 1 aliphatic rings. The highest BCUT2D eigenvalue weighted by atomic mass is 32.2. The fraction of sp³-hybridized carbons (Fsp3) is 0.471. The number of thiophene rings is 1. The number of rotatable bonds is 7. The summed E-state index contributed by atoms with van der Waals surface area (Å²) < 4.78 is 32.0. The Morgan fingerprint density at radius 2 is 2.08 bits per heavy atom. The number of H-pyrrole nitrogens is 1. The molecule has 0 aliphatic carbocycles. The van der Waals surface area contributed by atoms with Crippen molar-refractivity contribution in [2.75, 3.05) is 52.3 Å². The Bertz CT molecular complexity index is 786. The summed E-state index contributed by atoms with van der Waals surface area (Å²) in [6, 6.07) is 7.97. The molecule has 0 spiro atoms. The van der Waals surface area contributed by atoms with E-state index in [4.69, 9.17) is 4.74 Å². The van der Waals surface area contributed by atoms with Crippen LogP contribution >= 0.6 is 11.3 Å². The van der Waals surface area contributed by atoms with Gasteiger partial charge in [-0.05, 0) is 17.5 Å². The van der Waals surface area contributed by atoms with Crippen LogP contribution < -0.4 is 15.2 Å². The maximum Gasteiger partial charge on any atom is 0.272 e. The number of aromatic nitrogens is 1. The first-order valence-corrected chi connectivity index (χ1v) is 11.0. The van der Waals surface area contributed by atoms with Crippen molar-refractivity contribution in [3.05, 3.63) is 40.7 Å². The topological polar surface area (TPSA) is 77.2 Å².